The molecule has 0 N–H and O–H groups in total. The SMILES string of the molecule is CC1(C)CCCC(C)(C)c2sc(=O)sc21. The van der Waals surface area contributed by atoms with E-state index in [4.69, 9.17) is 0 Å². The fourth-order valence-electron chi connectivity index (χ4n) is 2.37. The van der Waals surface area contributed by atoms with Crippen molar-refractivity contribution < 1.29 is 0 Å². The molecule has 0 saturated heterocycles. The second-order valence-corrected chi connectivity index (χ2v) is 7.96. The van der Waals surface area contributed by atoms with E-state index in [1.54, 1.807) is 0 Å². The second-order valence-electron chi connectivity index (χ2n) is 5.73. The summed E-state index contributed by atoms with van der Waals surface area (Å²) in [5, 5.41) is 0. The van der Waals surface area contributed by atoms with Crippen LogP contribution in [0.2, 0.25) is 0 Å². The zero-order chi connectivity index (χ0) is 11.3. The Bertz CT molecular complexity index is 387. The van der Waals surface area contributed by atoms with Crippen molar-refractivity contribution in [3.8, 4) is 0 Å². The Hall–Kier alpha value is -0.150. The summed E-state index contributed by atoms with van der Waals surface area (Å²) >= 11 is 2.95. The molecule has 0 atom stereocenters. The third-order valence-corrected chi connectivity index (χ3v) is 6.29. The van der Waals surface area contributed by atoms with Crippen molar-refractivity contribution in [3.05, 3.63) is 18.6 Å². The van der Waals surface area contributed by atoms with E-state index in [9.17, 15) is 4.79 Å². The first-order valence-electron chi connectivity index (χ1n) is 5.48. The van der Waals surface area contributed by atoms with Crippen molar-refractivity contribution in [2.75, 3.05) is 0 Å². The molecule has 0 bridgehead atoms. The highest BCUT2D eigenvalue weighted by atomic mass is 32.2. The first-order valence-corrected chi connectivity index (χ1v) is 7.11. The molecule has 0 radical (unpaired) electrons. The number of rotatable bonds is 0. The van der Waals surface area contributed by atoms with Crippen molar-refractivity contribution in [1.29, 1.82) is 0 Å². The monoisotopic (exact) mass is 242 g/mol. The van der Waals surface area contributed by atoms with Crippen LogP contribution in [0.5, 0.6) is 0 Å². The van der Waals surface area contributed by atoms with Crippen LogP contribution in [0.3, 0.4) is 0 Å². The van der Waals surface area contributed by atoms with Gasteiger partial charge >= 0.3 is 0 Å². The van der Waals surface area contributed by atoms with Gasteiger partial charge < -0.3 is 0 Å². The van der Waals surface area contributed by atoms with Crippen LogP contribution in [0, 0.1) is 0 Å². The van der Waals surface area contributed by atoms with Crippen LogP contribution in [0.15, 0.2) is 4.79 Å². The van der Waals surface area contributed by atoms with Gasteiger partial charge in [-0.1, -0.05) is 56.8 Å². The average molecular weight is 242 g/mol. The van der Waals surface area contributed by atoms with Crippen molar-refractivity contribution in [3.63, 3.8) is 0 Å². The lowest BCUT2D eigenvalue weighted by molar-refractivity contribution is 0.437. The van der Waals surface area contributed by atoms with Crippen LogP contribution < -0.4 is 4.06 Å². The maximum Gasteiger partial charge on any atom is 0.287 e. The van der Waals surface area contributed by atoms with E-state index in [1.165, 1.54) is 51.7 Å². The Morgan fingerprint density at radius 1 is 0.933 bits per heavy atom. The van der Waals surface area contributed by atoms with Gasteiger partial charge in [-0.15, -0.1) is 0 Å². The molecule has 15 heavy (non-hydrogen) atoms. The minimum atomic E-state index is 0.201. The molecule has 1 aliphatic carbocycles. The van der Waals surface area contributed by atoms with E-state index in [-0.39, 0.29) is 14.9 Å². The fraction of sp³-hybridized carbons (Fsp3) is 0.750. The molecule has 1 heterocycles. The molecule has 0 fully saturated rings. The molecular formula is C12H18OS2. The van der Waals surface area contributed by atoms with Gasteiger partial charge in [0.1, 0.15) is 0 Å². The van der Waals surface area contributed by atoms with Crippen molar-refractivity contribution in [2.45, 2.75) is 57.8 Å². The maximum atomic E-state index is 11.6. The number of fused-ring (bicyclic) bond motifs is 1. The maximum absolute atomic E-state index is 11.6. The summed E-state index contributed by atoms with van der Waals surface area (Å²) in [5.41, 5.74) is 0.403. The topological polar surface area (TPSA) is 17.1 Å². The Kier molecular flexibility index (Phi) is 2.59. The summed E-state index contributed by atoms with van der Waals surface area (Å²) in [6.45, 7) is 9.09. The largest absolute Gasteiger partial charge is 0.287 e. The van der Waals surface area contributed by atoms with Gasteiger partial charge in [0.15, 0.2) is 0 Å². The normalized spacial score (nSPS) is 23.2. The minimum Gasteiger partial charge on any atom is -0.265 e. The van der Waals surface area contributed by atoms with Crippen LogP contribution in [-0.4, -0.2) is 0 Å². The lowest BCUT2D eigenvalue weighted by atomic mass is 9.86. The molecular weight excluding hydrogens is 224 g/mol. The Morgan fingerprint density at radius 2 is 1.33 bits per heavy atom. The molecule has 84 valence electrons. The van der Waals surface area contributed by atoms with Crippen LogP contribution in [-0.2, 0) is 10.8 Å². The highest BCUT2D eigenvalue weighted by Crippen LogP contribution is 2.46. The summed E-state index contributed by atoms with van der Waals surface area (Å²) in [4.78, 5) is 14.3. The third kappa shape index (κ3) is 1.92. The zero-order valence-corrected chi connectivity index (χ0v) is 11.5. The Morgan fingerprint density at radius 3 is 1.73 bits per heavy atom. The minimum absolute atomic E-state index is 0.201. The van der Waals surface area contributed by atoms with Gasteiger partial charge in [-0.3, -0.25) is 4.79 Å². The van der Waals surface area contributed by atoms with Gasteiger partial charge in [0, 0.05) is 20.6 Å². The molecule has 3 heteroatoms. The summed E-state index contributed by atoms with van der Waals surface area (Å²) in [6, 6.07) is 0. The van der Waals surface area contributed by atoms with E-state index in [2.05, 4.69) is 27.7 Å². The van der Waals surface area contributed by atoms with E-state index < -0.39 is 0 Å². The highest BCUT2D eigenvalue weighted by Gasteiger charge is 2.36. The van der Waals surface area contributed by atoms with Crippen molar-refractivity contribution >= 4 is 22.7 Å². The van der Waals surface area contributed by atoms with Crippen molar-refractivity contribution in [2.24, 2.45) is 0 Å². The molecule has 1 nitrogen and oxygen atoms in total. The van der Waals surface area contributed by atoms with E-state index in [0.29, 0.717) is 0 Å². The first kappa shape index (κ1) is 11.3. The van der Waals surface area contributed by atoms with Gasteiger partial charge in [-0.25, -0.2) is 0 Å². The standard InChI is InChI=1S/C12H18OS2/c1-11(2)6-5-7-12(3,4)9-8(11)14-10(13)15-9/h5-7H2,1-4H3. The van der Waals surface area contributed by atoms with Gasteiger partial charge in [0.2, 0.25) is 0 Å². The highest BCUT2D eigenvalue weighted by molar-refractivity contribution is 7.27. The second kappa shape index (κ2) is 3.42. The van der Waals surface area contributed by atoms with Crippen LogP contribution in [0.1, 0.15) is 56.7 Å². The molecule has 2 rings (SSSR count). The average Bonchev–Trinajstić information content (AvgIpc) is 2.44. The zero-order valence-electron chi connectivity index (χ0n) is 9.85. The lowest BCUT2D eigenvalue weighted by Crippen LogP contribution is -2.18. The van der Waals surface area contributed by atoms with E-state index in [1.807, 2.05) is 0 Å². The molecule has 1 aromatic heterocycles. The molecule has 0 saturated carbocycles. The predicted molar refractivity (Wildman–Crippen MR) is 68.4 cm³/mol. The third-order valence-electron chi connectivity index (χ3n) is 3.41. The Labute approximate surface area is 99.2 Å². The molecule has 1 aliphatic rings. The van der Waals surface area contributed by atoms with Gasteiger partial charge in [0.25, 0.3) is 4.06 Å². The molecule has 0 spiro atoms. The van der Waals surface area contributed by atoms with Gasteiger partial charge in [-0.05, 0) is 12.8 Å². The summed E-state index contributed by atoms with van der Waals surface area (Å²) < 4.78 is 0.267. The lowest BCUT2D eigenvalue weighted by Gasteiger charge is -2.24. The van der Waals surface area contributed by atoms with Gasteiger partial charge in [0.05, 0.1) is 0 Å². The smallest absolute Gasteiger partial charge is 0.265 e. The van der Waals surface area contributed by atoms with Crippen LogP contribution >= 0.6 is 22.7 Å². The summed E-state index contributed by atoms with van der Waals surface area (Å²) in [7, 11) is 0. The molecule has 0 aliphatic heterocycles. The Balaban J connectivity index is 2.65. The van der Waals surface area contributed by atoms with Crippen molar-refractivity contribution in [1.82, 2.24) is 0 Å². The fourth-order valence-corrected chi connectivity index (χ4v) is 5.12. The predicted octanol–water partition coefficient (Wildman–Crippen LogP) is 3.91. The molecule has 0 unspecified atom stereocenters. The van der Waals surface area contributed by atoms with Gasteiger partial charge in [-0.2, -0.15) is 0 Å². The first-order chi connectivity index (χ1) is 6.83. The van der Waals surface area contributed by atoms with E-state index in [0.717, 1.165) is 0 Å². The van der Waals surface area contributed by atoms with Crippen LogP contribution in [0.4, 0.5) is 0 Å². The molecule has 0 aromatic carbocycles. The molecule has 1 aromatic rings. The summed E-state index contributed by atoms with van der Waals surface area (Å²) in [5.74, 6) is 0. The molecule has 0 amide bonds. The van der Waals surface area contributed by atoms with Crippen LogP contribution in [0.25, 0.3) is 0 Å². The van der Waals surface area contributed by atoms with E-state index >= 15 is 0 Å². The quantitative estimate of drug-likeness (QED) is 0.630. The summed E-state index contributed by atoms with van der Waals surface area (Å²) in [6.07, 6.45) is 3.68. The number of hydrogen-bond acceptors (Lipinski definition) is 3. The number of hydrogen-bond donors (Lipinski definition) is 0.